The molecule has 3 heterocycles. The summed E-state index contributed by atoms with van der Waals surface area (Å²) in [6.45, 7) is 5.42. The second-order valence-corrected chi connectivity index (χ2v) is 10.2. The number of pyridine rings is 1. The molecule has 3 aromatic heterocycles. The number of hydrogen-bond acceptors (Lipinski definition) is 8. The Hall–Kier alpha value is -3.87. The van der Waals surface area contributed by atoms with Gasteiger partial charge in [0.2, 0.25) is 5.95 Å². The van der Waals surface area contributed by atoms with E-state index in [2.05, 4.69) is 32.2 Å². The molecule has 0 saturated heterocycles. The lowest BCUT2D eigenvalue weighted by atomic mass is 9.96. The summed E-state index contributed by atoms with van der Waals surface area (Å²) in [6, 6.07) is 2.00. The number of thioether (sulfide) groups is 1. The molecule has 1 saturated carbocycles. The first-order chi connectivity index (χ1) is 19.4. The molecule has 1 amide bonds. The molecule has 1 aliphatic rings. The van der Waals surface area contributed by atoms with Gasteiger partial charge in [-0.1, -0.05) is 26.2 Å². The molecule has 40 heavy (non-hydrogen) atoms. The summed E-state index contributed by atoms with van der Waals surface area (Å²) in [7, 11) is 0. The predicted molar refractivity (Wildman–Crippen MR) is 148 cm³/mol. The van der Waals surface area contributed by atoms with Crippen molar-refractivity contribution in [2.45, 2.75) is 70.4 Å². The van der Waals surface area contributed by atoms with Crippen molar-refractivity contribution in [3.05, 3.63) is 59.2 Å². The Morgan fingerprint density at radius 3 is 2.77 bits per heavy atom. The Balaban J connectivity index is 1.45. The van der Waals surface area contributed by atoms with E-state index in [1.165, 1.54) is 16.4 Å². The number of ether oxygens (including phenoxy) is 1. The van der Waals surface area contributed by atoms with E-state index < -0.39 is 17.7 Å². The molecule has 0 aliphatic heterocycles. The van der Waals surface area contributed by atoms with Crippen LogP contribution in [-0.2, 0) is 26.8 Å². The highest BCUT2D eigenvalue weighted by Crippen LogP contribution is 2.33. The molecular formula is C27H31F2N7O3S. The van der Waals surface area contributed by atoms with Crippen LogP contribution in [0, 0.1) is 11.8 Å². The number of nitrogens with zero attached hydrogens (tertiary/aromatic N) is 6. The standard InChI is InChI=1S/C27H31F2N7O3S/c1-3-7-24(37)39-17-35-13-18(12-31-35)15-40-16-22(30-2)27(38)32-21-14-36(19-8-5-4-6-9-19)34-26(21)25-20(28)10-11-23(29)33-25/h10-14,16,19H,2-9,15,17H2,1H3,(H,32,38)/b22-16-. The summed E-state index contributed by atoms with van der Waals surface area (Å²) in [5.74, 6) is -2.00. The quantitative estimate of drug-likeness (QED) is 0.129. The van der Waals surface area contributed by atoms with E-state index in [9.17, 15) is 18.4 Å². The lowest BCUT2D eigenvalue weighted by molar-refractivity contribution is -0.147. The highest BCUT2D eigenvalue weighted by atomic mass is 32.2. The molecule has 0 atom stereocenters. The van der Waals surface area contributed by atoms with E-state index in [0.717, 1.165) is 49.8 Å². The van der Waals surface area contributed by atoms with Crippen molar-refractivity contribution in [3.8, 4) is 11.4 Å². The van der Waals surface area contributed by atoms with Crippen LogP contribution in [0.2, 0.25) is 0 Å². The second kappa shape index (κ2) is 14.0. The van der Waals surface area contributed by atoms with Crippen LogP contribution in [0.15, 0.2) is 46.8 Å². The Morgan fingerprint density at radius 2 is 2.02 bits per heavy atom. The fourth-order valence-corrected chi connectivity index (χ4v) is 5.07. The normalized spacial score (nSPS) is 14.2. The zero-order valence-corrected chi connectivity index (χ0v) is 23.0. The SMILES string of the molecule is C=N/C(=C\SCc1cnn(COC(=O)CCC)c1)C(=O)Nc1cn(C2CCCCC2)nc1-c1nc(F)ccc1F. The first-order valence-corrected chi connectivity index (χ1v) is 14.1. The highest BCUT2D eigenvalue weighted by molar-refractivity contribution is 8.01. The van der Waals surface area contributed by atoms with Crippen LogP contribution < -0.4 is 5.32 Å². The van der Waals surface area contributed by atoms with Gasteiger partial charge in [-0.3, -0.25) is 19.3 Å². The molecule has 0 bridgehead atoms. The van der Waals surface area contributed by atoms with Crippen LogP contribution in [0.25, 0.3) is 11.4 Å². The Kier molecular flexibility index (Phi) is 10.2. The van der Waals surface area contributed by atoms with Gasteiger partial charge in [-0.25, -0.2) is 14.1 Å². The Bertz CT molecular complexity index is 1380. The summed E-state index contributed by atoms with van der Waals surface area (Å²) in [5, 5.41) is 12.9. The largest absolute Gasteiger partial charge is 0.442 e. The minimum absolute atomic E-state index is 0.0266. The number of rotatable bonds is 12. The maximum absolute atomic E-state index is 14.6. The lowest BCUT2D eigenvalue weighted by Gasteiger charge is -2.21. The molecule has 0 unspecified atom stereocenters. The molecule has 10 nitrogen and oxygen atoms in total. The van der Waals surface area contributed by atoms with Crippen molar-refractivity contribution in [2.24, 2.45) is 4.99 Å². The van der Waals surface area contributed by atoms with Gasteiger partial charge in [0.25, 0.3) is 5.91 Å². The summed E-state index contributed by atoms with van der Waals surface area (Å²) < 4.78 is 36.9. The maximum atomic E-state index is 14.6. The van der Waals surface area contributed by atoms with Gasteiger partial charge in [-0.2, -0.15) is 14.6 Å². The molecule has 0 radical (unpaired) electrons. The number of carbonyl (C=O) groups excluding carboxylic acids is 2. The number of carbonyl (C=O) groups is 2. The number of anilines is 1. The summed E-state index contributed by atoms with van der Waals surface area (Å²) in [5.41, 5.74) is 0.842. The molecule has 0 aromatic carbocycles. The molecule has 3 aromatic rings. The van der Waals surface area contributed by atoms with Gasteiger partial charge in [0.05, 0.1) is 17.9 Å². The number of esters is 1. The fourth-order valence-electron chi connectivity index (χ4n) is 4.31. The van der Waals surface area contributed by atoms with E-state index in [0.29, 0.717) is 18.6 Å². The summed E-state index contributed by atoms with van der Waals surface area (Å²) >= 11 is 1.30. The fraction of sp³-hybridized carbons (Fsp3) is 0.407. The minimum Gasteiger partial charge on any atom is -0.442 e. The zero-order valence-electron chi connectivity index (χ0n) is 22.2. The third kappa shape index (κ3) is 7.62. The predicted octanol–water partition coefficient (Wildman–Crippen LogP) is 5.64. The topological polar surface area (TPSA) is 116 Å². The lowest BCUT2D eigenvalue weighted by Crippen LogP contribution is -2.14. The van der Waals surface area contributed by atoms with E-state index in [1.54, 1.807) is 28.7 Å². The molecule has 4 rings (SSSR count). The highest BCUT2D eigenvalue weighted by Gasteiger charge is 2.24. The van der Waals surface area contributed by atoms with E-state index in [-0.39, 0.29) is 41.5 Å². The molecule has 1 N–H and O–H groups in total. The molecule has 1 aliphatic carbocycles. The molecule has 0 spiro atoms. The van der Waals surface area contributed by atoms with E-state index in [1.807, 2.05) is 6.92 Å². The van der Waals surface area contributed by atoms with Gasteiger partial charge in [-0.05, 0) is 38.1 Å². The average molecular weight is 572 g/mol. The van der Waals surface area contributed by atoms with Crippen LogP contribution in [0.4, 0.5) is 14.5 Å². The van der Waals surface area contributed by atoms with Crippen LogP contribution in [-0.4, -0.2) is 43.1 Å². The third-order valence-electron chi connectivity index (χ3n) is 6.31. The number of halogens is 2. The van der Waals surface area contributed by atoms with Crippen LogP contribution in [0.3, 0.4) is 0 Å². The number of aliphatic imine (C=N–C) groups is 1. The number of amides is 1. The van der Waals surface area contributed by atoms with Gasteiger partial charge >= 0.3 is 5.97 Å². The maximum Gasteiger partial charge on any atom is 0.307 e. The van der Waals surface area contributed by atoms with Crippen LogP contribution in [0.1, 0.15) is 63.5 Å². The summed E-state index contributed by atoms with van der Waals surface area (Å²) in [4.78, 5) is 32.2. The van der Waals surface area contributed by atoms with Crippen molar-refractivity contribution < 1.29 is 23.1 Å². The molecule has 13 heteroatoms. The van der Waals surface area contributed by atoms with Gasteiger partial charge in [0.15, 0.2) is 12.5 Å². The van der Waals surface area contributed by atoms with Crippen molar-refractivity contribution in [3.63, 3.8) is 0 Å². The first kappa shape index (κ1) is 29.1. The van der Waals surface area contributed by atoms with Crippen molar-refractivity contribution in [1.29, 1.82) is 0 Å². The van der Waals surface area contributed by atoms with Gasteiger partial charge in [0, 0.05) is 35.5 Å². The first-order valence-electron chi connectivity index (χ1n) is 13.1. The molecule has 212 valence electrons. The number of nitrogens with one attached hydrogen (secondary N) is 1. The molecular weight excluding hydrogens is 540 g/mol. The smallest absolute Gasteiger partial charge is 0.307 e. The number of hydrogen-bond donors (Lipinski definition) is 1. The van der Waals surface area contributed by atoms with Gasteiger partial charge in [-0.15, -0.1) is 11.8 Å². The van der Waals surface area contributed by atoms with Gasteiger partial charge in [0.1, 0.15) is 17.1 Å². The second-order valence-electron chi connectivity index (χ2n) is 9.34. The van der Waals surface area contributed by atoms with Crippen molar-refractivity contribution in [1.82, 2.24) is 24.5 Å². The average Bonchev–Trinajstić information content (AvgIpc) is 3.59. The van der Waals surface area contributed by atoms with Crippen LogP contribution in [0.5, 0.6) is 0 Å². The van der Waals surface area contributed by atoms with Crippen molar-refractivity contribution >= 4 is 36.0 Å². The summed E-state index contributed by atoms with van der Waals surface area (Å²) in [6.07, 6.45) is 11.1. The Labute approximate surface area is 234 Å². The van der Waals surface area contributed by atoms with Crippen molar-refractivity contribution in [2.75, 3.05) is 5.32 Å². The monoisotopic (exact) mass is 571 g/mol. The minimum atomic E-state index is -0.854. The van der Waals surface area contributed by atoms with E-state index >= 15 is 0 Å². The molecule has 1 fully saturated rings. The zero-order chi connectivity index (χ0) is 28.5. The van der Waals surface area contributed by atoms with Gasteiger partial charge < -0.3 is 10.1 Å². The van der Waals surface area contributed by atoms with E-state index in [4.69, 9.17) is 4.74 Å². The number of aromatic nitrogens is 5. The van der Waals surface area contributed by atoms with Crippen LogP contribution >= 0.6 is 11.8 Å². The third-order valence-corrected chi connectivity index (χ3v) is 7.20. The Morgan fingerprint density at radius 1 is 1.23 bits per heavy atom.